The largest absolute Gasteiger partial charge is 0.479 e. The number of rotatable bonds is 7. The van der Waals surface area contributed by atoms with Gasteiger partial charge >= 0.3 is 12.1 Å². The molecule has 162 valence electrons. The molecule has 0 unspecified atom stereocenters. The quantitative estimate of drug-likeness (QED) is 0.490. The van der Waals surface area contributed by atoms with Gasteiger partial charge in [0.05, 0.1) is 11.3 Å². The van der Waals surface area contributed by atoms with Crippen molar-refractivity contribution in [2.45, 2.75) is 5.92 Å². The third kappa shape index (κ3) is 4.45. The summed E-state index contributed by atoms with van der Waals surface area (Å²) in [6.45, 7) is -0.552. The molecule has 3 aromatic rings. The molecule has 2 amide bonds. The molecule has 0 fully saturated rings. The number of hydroxylamine groups is 1. The number of nitrogens with one attached hydrogen (secondary N) is 2. The Balaban J connectivity index is 1.42. The summed E-state index contributed by atoms with van der Waals surface area (Å²) in [5.41, 5.74) is 6.78. The number of benzene rings is 3. The van der Waals surface area contributed by atoms with Crippen LogP contribution in [0.5, 0.6) is 0 Å². The number of carboxylic acids is 1. The summed E-state index contributed by atoms with van der Waals surface area (Å²) < 4.78 is 5.50. The van der Waals surface area contributed by atoms with Crippen LogP contribution in [0.3, 0.4) is 0 Å². The van der Waals surface area contributed by atoms with E-state index >= 15 is 0 Å². The second-order valence-corrected chi connectivity index (χ2v) is 7.11. The van der Waals surface area contributed by atoms with E-state index in [4.69, 9.17) is 9.84 Å². The van der Waals surface area contributed by atoms with Crippen LogP contribution in [0, 0.1) is 0 Å². The summed E-state index contributed by atoms with van der Waals surface area (Å²) in [5.74, 6) is -2.01. The summed E-state index contributed by atoms with van der Waals surface area (Å²) in [6.07, 6.45) is -0.710. The second kappa shape index (κ2) is 9.32. The highest BCUT2D eigenvalue weighted by Gasteiger charge is 2.29. The van der Waals surface area contributed by atoms with E-state index in [-0.39, 0.29) is 23.8 Å². The molecule has 0 aromatic heterocycles. The molecule has 0 bridgehead atoms. The van der Waals surface area contributed by atoms with Crippen LogP contribution in [0.2, 0.25) is 0 Å². The Morgan fingerprint density at radius 2 is 1.44 bits per heavy atom. The Labute approximate surface area is 183 Å². The molecule has 8 heteroatoms. The molecule has 0 radical (unpaired) electrons. The lowest BCUT2D eigenvalue weighted by atomic mass is 9.98. The molecule has 0 saturated heterocycles. The smallest absolute Gasteiger partial charge is 0.411 e. The van der Waals surface area contributed by atoms with Gasteiger partial charge in [-0.2, -0.15) is 0 Å². The molecule has 0 saturated carbocycles. The number of hydrogen-bond donors (Lipinski definition) is 3. The molecule has 4 rings (SSSR count). The van der Waals surface area contributed by atoms with Gasteiger partial charge in [0.25, 0.3) is 5.91 Å². The number of para-hydroxylation sites is 1. The van der Waals surface area contributed by atoms with E-state index in [0.29, 0.717) is 0 Å². The first kappa shape index (κ1) is 21.1. The van der Waals surface area contributed by atoms with Gasteiger partial charge in [-0.1, -0.05) is 60.7 Å². The van der Waals surface area contributed by atoms with E-state index in [1.165, 1.54) is 12.1 Å². The van der Waals surface area contributed by atoms with Crippen molar-refractivity contribution < 1.29 is 29.1 Å². The van der Waals surface area contributed by atoms with E-state index in [0.717, 1.165) is 22.3 Å². The van der Waals surface area contributed by atoms with Crippen molar-refractivity contribution >= 4 is 23.7 Å². The van der Waals surface area contributed by atoms with E-state index in [2.05, 4.69) is 22.3 Å². The van der Waals surface area contributed by atoms with Crippen LogP contribution >= 0.6 is 0 Å². The maximum absolute atomic E-state index is 12.5. The first-order valence-electron chi connectivity index (χ1n) is 9.89. The van der Waals surface area contributed by atoms with Gasteiger partial charge in [-0.05, 0) is 34.4 Å². The molecule has 0 aliphatic heterocycles. The Morgan fingerprint density at radius 3 is 2.09 bits per heavy atom. The van der Waals surface area contributed by atoms with Crippen molar-refractivity contribution in [3.63, 3.8) is 0 Å². The number of hydrogen-bond acceptors (Lipinski definition) is 5. The lowest BCUT2D eigenvalue weighted by Crippen LogP contribution is -2.28. The minimum absolute atomic E-state index is 0.0869. The zero-order valence-corrected chi connectivity index (χ0v) is 16.9. The molecule has 0 atom stereocenters. The summed E-state index contributed by atoms with van der Waals surface area (Å²) in [4.78, 5) is 39.9. The van der Waals surface area contributed by atoms with Crippen molar-refractivity contribution in [2.75, 3.05) is 18.5 Å². The topological polar surface area (TPSA) is 114 Å². The third-order valence-corrected chi connectivity index (χ3v) is 5.11. The van der Waals surface area contributed by atoms with Gasteiger partial charge in [-0.3, -0.25) is 14.9 Å². The number of fused-ring (bicyclic) bond motifs is 3. The van der Waals surface area contributed by atoms with Crippen LogP contribution in [-0.4, -0.2) is 36.3 Å². The number of anilines is 1. The summed E-state index contributed by atoms with van der Waals surface area (Å²) in [5, 5.41) is 11.2. The average Bonchev–Trinajstić information content (AvgIpc) is 3.11. The molecule has 0 spiro atoms. The average molecular weight is 432 g/mol. The molecular formula is C24H20N2O6. The number of aliphatic carboxylic acids is 1. The molecular weight excluding hydrogens is 412 g/mol. The molecule has 0 heterocycles. The first-order chi connectivity index (χ1) is 15.5. The number of carbonyl (C=O) groups excluding carboxylic acids is 2. The Bertz CT molecular complexity index is 1130. The highest BCUT2D eigenvalue weighted by Crippen LogP contribution is 2.44. The first-order valence-corrected chi connectivity index (χ1v) is 9.89. The molecule has 32 heavy (non-hydrogen) atoms. The summed E-state index contributed by atoms with van der Waals surface area (Å²) >= 11 is 0. The Kier molecular flexibility index (Phi) is 6.14. The van der Waals surface area contributed by atoms with Crippen LogP contribution in [0.4, 0.5) is 10.5 Å². The fraction of sp³-hybridized carbons (Fsp3) is 0.125. The number of amides is 2. The minimum atomic E-state index is -1.23. The van der Waals surface area contributed by atoms with Crippen LogP contribution in [0.1, 0.15) is 27.4 Å². The molecule has 1 aliphatic rings. The number of carbonyl (C=O) groups is 3. The van der Waals surface area contributed by atoms with E-state index in [1.54, 1.807) is 12.1 Å². The van der Waals surface area contributed by atoms with Crippen LogP contribution in [0.25, 0.3) is 11.1 Å². The normalized spacial score (nSPS) is 11.9. The van der Waals surface area contributed by atoms with Gasteiger partial charge in [0, 0.05) is 5.92 Å². The van der Waals surface area contributed by atoms with Crippen molar-refractivity contribution in [3.05, 3.63) is 89.5 Å². The van der Waals surface area contributed by atoms with Crippen molar-refractivity contribution in [3.8, 4) is 11.1 Å². The lowest BCUT2D eigenvalue weighted by molar-refractivity contribution is -0.144. The fourth-order valence-corrected chi connectivity index (χ4v) is 3.75. The van der Waals surface area contributed by atoms with Gasteiger partial charge in [-0.15, -0.1) is 0 Å². The van der Waals surface area contributed by atoms with Gasteiger partial charge in [-0.25, -0.2) is 15.1 Å². The van der Waals surface area contributed by atoms with E-state index < -0.39 is 24.6 Å². The van der Waals surface area contributed by atoms with Crippen molar-refractivity contribution in [2.24, 2.45) is 0 Å². The molecule has 8 nitrogen and oxygen atoms in total. The zero-order valence-electron chi connectivity index (χ0n) is 16.9. The summed E-state index contributed by atoms with van der Waals surface area (Å²) in [7, 11) is 0. The summed E-state index contributed by atoms with van der Waals surface area (Å²) in [6, 6.07) is 22.3. The highest BCUT2D eigenvalue weighted by molar-refractivity contribution is 6.02. The number of carboxylic acid groups (broad SMARTS) is 1. The minimum Gasteiger partial charge on any atom is -0.479 e. The van der Waals surface area contributed by atoms with Gasteiger partial charge in [0.2, 0.25) is 0 Å². The predicted octanol–water partition coefficient (Wildman–Crippen LogP) is 3.79. The maximum Gasteiger partial charge on any atom is 0.411 e. The van der Waals surface area contributed by atoms with Crippen molar-refractivity contribution in [1.82, 2.24) is 5.48 Å². The number of ether oxygens (including phenoxy) is 1. The molecule has 3 aromatic carbocycles. The third-order valence-electron chi connectivity index (χ3n) is 5.11. The highest BCUT2D eigenvalue weighted by atomic mass is 16.7. The second-order valence-electron chi connectivity index (χ2n) is 7.11. The molecule has 3 N–H and O–H groups in total. The van der Waals surface area contributed by atoms with Crippen LogP contribution in [0.15, 0.2) is 72.8 Å². The fourth-order valence-electron chi connectivity index (χ4n) is 3.75. The lowest BCUT2D eigenvalue weighted by Gasteiger charge is -2.15. The van der Waals surface area contributed by atoms with Gasteiger partial charge in [0.1, 0.15) is 6.61 Å². The van der Waals surface area contributed by atoms with Crippen molar-refractivity contribution in [1.29, 1.82) is 0 Å². The van der Waals surface area contributed by atoms with E-state index in [9.17, 15) is 14.4 Å². The van der Waals surface area contributed by atoms with Gasteiger partial charge in [0.15, 0.2) is 6.61 Å². The van der Waals surface area contributed by atoms with Crippen LogP contribution in [-0.2, 0) is 14.4 Å². The Hall–Kier alpha value is -4.17. The monoisotopic (exact) mass is 432 g/mol. The van der Waals surface area contributed by atoms with Crippen LogP contribution < -0.4 is 10.8 Å². The predicted molar refractivity (Wildman–Crippen MR) is 116 cm³/mol. The Morgan fingerprint density at radius 1 is 0.844 bits per heavy atom. The van der Waals surface area contributed by atoms with E-state index in [1.807, 2.05) is 41.9 Å². The zero-order chi connectivity index (χ0) is 22.5. The van der Waals surface area contributed by atoms with Gasteiger partial charge < -0.3 is 9.84 Å². The standard InChI is InChI=1S/C24H20N2O6/c27-22(28)14-32-26-23(29)19-11-5-6-12-21(19)25-24(30)31-13-20-17-9-3-1-7-15(17)16-8-2-4-10-18(16)20/h1-12,20H,13-14H2,(H,25,30)(H,26,29)(H,27,28). The maximum atomic E-state index is 12.5. The SMILES string of the molecule is O=C(O)CONC(=O)c1ccccc1NC(=O)OCC1c2ccccc2-c2ccccc21. The molecule has 1 aliphatic carbocycles.